The fourth-order valence-electron chi connectivity index (χ4n) is 1.57. The Morgan fingerprint density at radius 2 is 2.27 bits per heavy atom. The number of carbonyl (C=O) groups is 1. The van der Waals surface area contributed by atoms with Crippen LogP contribution in [0.15, 0.2) is 0 Å². The van der Waals surface area contributed by atoms with Crippen LogP contribution in [0, 0.1) is 0 Å². The van der Waals surface area contributed by atoms with Crippen molar-refractivity contribution >= 4 is 5.91 Å². The second-order valence-corrected chi connectivity index (χ2v) is 4.44. The molecular weight excluding hydrogens is 194 g/mol. The molecule has 0 radical (unpaired) electrons. The average Bonchev–Trinajstić information content (AvgIpc) is 2.20. The maximum atomic E-state index is 11.4. The molecule has 0 spiro atoms. The minimum absolute atomic E-state index is 0.000718. The van der Waals surface area contributed by atoms with E-state index in [1.54, 1.807) is 7.11 Å². The Morgan fingerprint density at radius 1 is 1.60 bits per heavy atom. The van der Waals surface area contributed by atoms with Gasteiger partial charge in [-0.05, 0) is 32.6 Å². The number of hydrogen-bond acceptors (Lipinski definition) is 3. The van der Waals surface area contributed by atoms with Crippen LogP contribution in [0.2, 0.25) is 0 Å². The second kappa shape index (κ2) is 5.47. The molecular formula is C11H21NO3. The molecule has 1 aliphatic rings. The molecule has 2 N–H and O–H groups in total. The van der Waals surface area contributed by atoms with Crippen molar-refractivity contribution in [2.45, 2.75) is 50.7 Å². The number of ether oxygens (including phenoxy) is 1. The van der Waals surface area contributed by atoms with E-state index in [0.717, 1.165) is 25.7 Å². The van der Waals surface area contributed by atoms with Crippen molar-refractivity contribution in [1.29, 1.82) is 0 Å². The topological polar surface area (TPSA) is 58.6 Å². The standard InChI is InChI=1S/C11H21NO3/c1-9(15-2)4-5-10(13)12-8-11(14)6-3-7-11/h9,14H,3-8H2,1-2H3,(H,12,13). The molecule has 1 atom stereocenters. The highest BCUT2D eigenvalue weighted by molar-refractivity contribution is 5.75. The van der Waals surface area contributed by atoms with Crippen molar-refractivity contribution in [3.63, 3.8) is 0 Å². The Kier molecular flexibility index (Phi) is 4.54. The van der Waals surface area contributed by atoms with Crippen LogP contribution in [0.25, 0.3) is 0 Å². The lowest BCUT2D eigenvalue weighted by molar-refractivity contribution is -0.124. The van der Waals surface area contributed by atoms with Crippen LogP contribution in [0.3, 0.4) is 0 Å². The summed E-state index contributed by atoms with van der Waals surface area (Å²) in [6.45, 7) is 2.33. The first-order chi connectivity index (χ1) is 7.06. The van der Waals surface area contributed by atoms with Crippen LogP contribution in [-0.4, -0.2) is 36.4 Å². The summed E-state index contributed by atoms with van der Waals surface area (Å²) in [5.74, 6) is -0.000718. The third-order valence-corrected chi connectivity index (χ3v) is 3.08. The first-order valence-corrected chi connectivity index (χ1v) is 5.58. The fourth-order valence-corrected chi connectivity index (χ4v) is 1.57. The van der Waals surface area contributed by atoms with E-state index in [0.29, 0.717) is 13.0 Å². The van der Waals surface area contributed by atoms with E-state index in [2.05, 4.69) is 5.32 Å². The Morgan fingerprint density at radius 3 is 2.73 bits per heavy atom. The third kappa shape index (κ3) is 4.18. The predicted octanol–water partition coefficient (Wildman–Crippen LogP) is 0.833. The van der Waals surface area contributed by atoms with E-state index in [-0.39, 0.29) is 12.0 Å². The lowest BCUT2D eigenvalue weighted by Crippen LogP contribution is -2.47. The minimum Gasteiger partial charge on any atom is -0.388 e. The Hall–Kier alpha value is -0.610. The molecule has 1 saturated carbocycles. The molecule has 0 aromatic carbocycles. The smallest absolute Gasteiger partial charge is 0.220 e. The van der Waals surface area contributed by atoms with E-state index in [1.165, 1.54) is 0 Å². The van der Waals surface area contributed by atoms with Crippen LogP contribution in [0.4, 0.5) is 0 Å². The van der Waals surface area contributed by atoms with Gasteiger partial charge >= 0.3 is 0 Å². The fraction of sp³-hybridized carbons (Fsp3) is 0.909. The number of hydrogen-bond donors (Lipinski definition) is 2. The average molecular weight is 215 g/mol. The van der Waals surface area contributed by atoms with Gasteiger partial charge in [-0.2, -0.15) is 0 Å². The molecule has 0 aromatic rings. The molecule has 0 aromatic heterocycles. The van der Waals surface area contributed by atoms with Gasteiger partial charge in [0, 0.05) is 20.1 Å². The SMILES string of the molecule is COC(C)CCC(=O)NCC1(O)CCC1. The van der Waals surface area contributed by atoms with E-state index in [1.807, 2.05) is 6.92 Å². The van der Waals surface area contributed by atoms with Gasteiger partial charge in [0.2, 0.25) is 5.91 Å². The molecule has 0 aliphatic heterocycles. The summed E-state index contributed by atoms with van der Waals surface area (Å²) >= 11 is 0. The minimum atomic E-state index is -0.622. The Labute approximate surface area is 91.0 Å². The number of carbonyl (C=O) groups excluding carboxylic acids is 1. The molecule has 4 nitrogen and oxygen atoms in total. The highest BCUT2D eigenvalue weighted by atomic mass is 16.5. The van der Waals surface area contributed by atoms with Crippen molar-refractivity contribution in [3.05, 3.63) is 0 Å². The van der Waals surface area contributed by atoms with Gasteiger partial charge in [0.05, 0.1) is 11.7 Å². The zero-order valence-electron chi connectivity index (χ0n) is 9.58. The number of rotatable bonds is 6. The van der Waals surface area contributed by atoms with Crippen molar-refractivity contribution in [2.75, 3.05) is 13.7 Å². The summed E-state index contributed by atoms with van der Waals surface area (Å²) in [5, 5.41) is 12.5. The number of aliphatic hydroxyl groups is 1. The lowest BCUT2D eigenvalue weighted by Gasteiger charge is -2.36. The third-order valence-electron chi connectivity index (χ3n) is 3.08. The number of amides is 1. The molecule has 1 amide bonds. The van der Waals surface area contributed by atoms with Gasteiger partial charge in [-0.25, -0.2) is 0 Å². The number of nitrogens with one attached hydrogen (secondary N) is 1. The highest BCUT2D eigenvalue weighted by Crippen LogP contribution is 2.30. The van der Waals surface area contributed by atoms with Crippen LogP contribution < -0.4 is 5.32 Å². The second-order valence-electron chi connectivity index (χ2n) is 4.44. The van der Waals surface area contributed by atoms with Crippen molar-refractivity contribution < 1.29 is 14.6 Å². The monoisotopic (exact) mass is 215 g/mol. The molecule has 1 rings (SSSR count). The van der Waals surface area contributed by atoms with Crippen LogP contribution in [-0.2, 0) is 9.53 Å². The van der Waals surface area contributed by atoms with Crippen LogP contribution in [0.5, 0.6) is 0 Å². The van der Waals surface area contributed by atoms with Crippen LogP contribution in [0.1, 0.15) is 39.0 Å². The molecule has 4 heteroatoms. The molecule has 15 heavy (non-hydrogen) atoms. The number of methoxy groups -OCH3 is 1. The normalized spacial score (nSPS) is 20.5. The van der Waals surface area contributed by atoms with Gasteiger partial charge in [-0.15, -0.1) is 0 Å². The molecule has 88 valence electrons. The molecule has 1 fully saturated rings. The van der Waals surface area contributed by atoms with E-state index < -0.39 is 5.60 Å². The summed E-state index contributed by atoms with van der Waals surface area (Å²) in [5.41, 5.74) is -0.622. The van der Waals surface area contributed by atoms with Gasteiger partial charge in [0.1, 0.15) is 0 Å². The van der Waals surface area contributed by atoms with Gasteiger partial charge in [0.25, 0.3) is 0 Å². The van der Waals surface area contributed by atoms with E-state index >= 15 is 0 Å². The lowest BCUT2D eigenvalue weighted by atomic mass is 9.80. The van der Waals surface area contributed by atoms with E-state index in [9.17, 15) is 9.90 Å². The summed E-state index contributed by atoms with van der Waals surface area (Å²) in [6, 6.07) is 0. The quantitative estimate of drug-likeness (QED) is 0.690. The van der Waals surface area contributed by atoms with Crippen molar-refractivity contribution in [3.8, 4) is 0 Å². The molecule has 0 saturated heterocycles. The maximum Gasteiger partial charge on any atom is 0.220 e. The van der Waals surface area contributed by atoms with Gasteiger partial charge < -0.3 is 15.2 Å². The maximum absolute atomic E-state index is 11.4. The summed E-state index contributed by atoms with van der Waals surface area (Å²) < 4.78 is 5.05. The predicted molar refractivity (Wildman–Crippen MR) is 57.5 cm³/mol. The molecule has 0 heterocycles. The largest absolute Gasteiger partial charge is 0.388 e. The first kappa shape index (κ1) is 12.5. The van der Waals surface area contributed by atoms with Crippen molar-refractivity contribution in [1.82, 2.24) is 5.32 Å². The zero-order chi connectivity index (χ0) is 11.3. The Bertz CT molecular complexity index is 214. The van der Waals surface area contributed by atoms with Gasteiger partial charge in [0.15, 0.2) is 0 Å². The zero-order valence-corrected chi connectivity index (χ0v) is 9.58. The van der Waals surface area contributed by atoms with Gasteiger partial charge in [-0.3, -0.25) is 4.79 Å². The molecule has 1 unspecified atom stereocenters. The van der Waals surface area contributed by atoms with E-state index in [4.69, 9.17) is 4.74 Å². The van der Waals surface area contributed by atoms with Crippen molar-refractivity contribution in [2.24, 2.45) is 0 Å². The van der Waals surface area contributed by atoms with Crippen LogP contribution >= 0.6 is 0 Å². The first-order valence-electron chi connectivity index (χ1n) is 5.58. The highest BCUT2D eigenvalue weighted by Gasteiger charge is 2.34. The van der Waals surface area contributed by atoms with Gasteiger partial charge in [-0.1, -0.05) is 0 Å². The summed E-state index contributed by atoms with van der Waals surface area (Å²) in [7, 11) is 1.64. The molecule has 1 aliphatic carbocycles. The summed E-state index contributed by atoms with van der Waals surface area (Å²) in [4.78, 5) is 11.4. The molecule has 0 bridgehead atoms. The Balaban J connectivity index is 2.08. The summed E-state index contributed by atoms with van der Waals surface area (Å²) in [6.07, 6.45) is 3.98.